The lowest BCUT2D eigenvalue weighted by atomic mass is 9.49. The predicted molar refractivity (Wildman–Crippen MR) is 118 cm³/mol. The Morgan fingerprint density at radius 3 is 2.17 bits per heavy atom. The van der Waals surface area contributed by atoms with Crippen molar-refractivity contribution in [3.63, 3.8) is 0 Å². The van der Waals surface area contributed by atoms with Gasteiger partial charge in [0.25, 0.3) is 0 Å². The Hall–Kier alpha value is -0.810. The third-order valence-corrected chi connectivity index (χ3v) is 8.32. The maximum atomic E-state index is 13.7. The first-order valence-corrected chi connectivity index (χ1v) is 11.6. The van der Waals surface area contributed by atoms with E-state index in [1.165, 1.54) is 19.3 Å². The van der Waals surface area contributed by atoms with Gasteiger partial charge in [-0.3, -0.25) is 9.59 Å². The molecule has 4 saturated carbocycles. The lowest BCUT2D eigenvalue weighted by Crippen LogP contribution is -2.57. The van der Waals surface area contributed by atoms with Crippen LogP contribution in [0.15, 0.2) is 0 Å². The summed E-state index contributed by atoms with van der Waals surface area (Å²) in [5.74, 6) is 3.12. The second-order valence-electron chi connectivity index (χ2n) is 10.8. The summed E-state index contributed by atoms with van der Waals surface area (Å²) in [5, 5.41) is 0. The van der Waals surface area contributed by atoms with E-state index in [9.17, 15) is 9.59 Å². The second-order valence-corrected chi connectivity index (χ2v) is 10.8. The van der Waals surface area contributed by atoms with Crippen molar-refractivity contribution < 1.29 is 9.59 Å². The molecule has 5 fully saturated rings. The van der Waals surface area contributed by atoms with E-state index in [0.29, 0.717) is 18.4 Å². The number of hydrogen-bond acceptors (Lipinski definition) is 3. The maximum Gasteiger partial charge on any atom is 0.245 e. The van der Waals surface area contributed by atoms with E-state index in [1.54, 1.807) is 0 Å². The Morgan fingerprint density at radius 2 is 1.66 bits per heavy atom. The van der Waals surface area contributed by atoms with Gasteiger partial charge in [0, 0.05) is 26.2 Å². The van der Waals surface area contributed by atoms with Crippen LogP contribution in [0.25, 0.3) is 0 Å². The molecular weight excluding hydrogens is 386 g/mol. The smallest absolute Gasteiger partial charge is 0.245 e. The van der Waals surface area contributed by atoms with Crippen LogP contribution >= 0.6 is 12.4 Å². The van der Waals surface area contributed by atoms with Gasteiger partial charge >= 0.3 is 0 Å². The number of nitrogens with zero attached hydrogens (tertiary/aromatic N) is 2. The fraction of sp³-hybridized carbons (Fsp3) is 0.913. The minimum absolute atomic E-state index is 0. The molecule has 5 rings (SSSR count). The summed E-state index contributed by atoms with van der Waals surface area (Å²) < 4.78 is 0. The van der Waals surface area contributed by atoms with Gasteiger partial charge in [-0.05, 0) is 81.5 Å². The fourth-order valence-corrected chi connectivity index (χ4v) is 6.98. The summed E-state index contributed by atoms with van der Waals surface area (Å²) in [6, 6.07) is -0.135. The molecule has 1 aliphatic heterocycles. The molecule has 6 heteroatoms. The SMILES string of the molecule is CC(C)C(N)CCN(C)C(=O)C1CCCN1C(=O)C12CC3CC(CC(C3)C1)C2.Cl. The monoisotopic (exact) mass is 425 g/mol. The van der Waals surface area contributed by atoms with Gasteiger partial charge < -0.3 is 15.5 Å². The summed E-state index contributed by atoms with van der Waals surface area (Å²) in [4.78, 5) is 30.7. The largest absolute Gasteiger partial charge is 0.344 e. The van der Waals surface area contributed by atoms with Gasteiger partial charge in [0.2, 0.25) is 11.8 Å². The molecular formula is C23H40ClN3O2. The van der Waals surface area contributed by atoms with Gasteiger partial charge in [-0.1, -0.05) is 13.8 Å². The summed E-state index contributed by atoms with van der Waals surface area (Å²) >= 11 is 0. The molecule has 1 saturated heterocycles. The number of likely N-dealkylation sites (N-methyl/N-ethyl adjacent to an activating group) is 1. The van der Waals surface area contributed by atoms with E-state index in [-0.39, 0.29) is 35.8 Å². The maximum absolute atomic E-state index is 13.7. The molecule has 0 radical (unpaired) electrons. The highest BCUT2D eigenvalue weighted by atomic mass is 35.5. The van der Waals surface area contributed by atoms with Crippen LogP contribution in [0.5, 0.6) is 0 Å². The van der Waals surface area contributed by atoms with Crippen molar-refractivity contribution in [2.24, 2.45) is 34.8 Å². The van der Waals surface area contributed by atoms with Crippen LogP contribution in [0.1, 0.15) is 71.6 Å². The number of likely N-dealkylation sites (tertiary alicyclic amines) is 1. The van der Waals surface area contributed by atoms with Crippen molar-refractivity contribution in [1.82, 2.24) is 9.80 Å². The number of nitrogens with two attached hydrogens (primary N) is 1. The van der Waals surface area contributed by atoms with Gasteiger partial charge in [-0.15, -0.1) is 12.4 Å². The number of amides is 2. The quantitative estimate of drug-likeness (QED) is 0.708. The first kappa shape index (κ1) is 22.9. The number of rotatable bonds is 6. The van der Waals surface area contributed by atoms with Crippen LogP contribution in [0.3, 0.4) is 0 Å². The summed E-state index contributed by atoms with van der Waals surface area (Å²) in [7, 11) is 1.88. The van der Waals surface area contributed by atoms with E-state index >= 15 is 0 Å². The van der Waals surface area contributed by atoms with Crippen molar-refractivity contribution in [1.29, 1.82) is 0 Å². The van der Waals surface area contributed by atoms with Crippen LogP contribution in [-0.2, 0) is 9.59 Å². The van der Waals surface area contributed by atoms with Gasteiger partial charge in [0.05, 0.1) is 5.41 Å². The van der Waals surface area contributed by atoms with Crippen molar-refractivity contribution in [3.05, 3.63) is 0 Å². The minimum atomic E-state index is -0.249. The third-order valence-electron chi connectivity index (χ3n) is 8.32. The molecule has 0 aromatic rings. The highest BCUT2D eigenvalue weighted by Crippen LogP contribution is 2.60. The van der Waals surface area contributed by atoms with E-state index in [2.05, 4.69) is 13.8 Å². The molecule has 2 N–H and O–H groups in total. The van der Waals surface area contributed by atoms with Crippen molar-refractivity contribution in [2.45, 2.75) is 83.7 Å². The Balaban J connectivity index is 0.00000240. The lowest BCUT2D eigenvalue weighted by Gasteiger charge is -2.56. The Kier molecular flexibility index (Phi) is 6.89. The average Bonchev–Trinajstić information content (AvgIpc) is 3.12. The summed E-state index contributed by atoms with van der Waals surface area (Å²) in [5.41, 5.74) is 6.02. The molecule has 5 nitrogen and oxygen atoms in total. The van der Waals surface area contributed by atoms with Crippen LogP contribution in [0.4, 0.5) is 0 Å². The van der Waals surface area contributed by atoms with Crippen molar-refractivity contribution >= 4 is 24.2 Å². The van der Waals surface area contributed by atoms with E-state index < -0.39 is 0 Å². The Labute approximate surface area is 182 Å². The average molecular weight is 426 g/mol. The zero-order chi connectivity index (χ0) is 20.1. The lowest BCUT2D eigenvalue weighted by molar-refractivity contribution is -0.161. The van der Waals surface area contributed by atoms with Crippen LogP contribution in [-0.4, -0.2) is 53.8 Å². The van der Waals surface area contributed by atoms with Crippen molar-refractivity contribution in [2.75, 3.05) is 20.1 Å². The van der Waals surface area contributed by atoms with Crippen molar-refractivity contribution in [3.8, 4) is 0 Å². The van der Waals surface area contributed by atoms with Gasteiger partial charge in [0.1, 0.15) is 6.04 Å². The molecule has 1 heterocycles. The first-order valence-electron chi connectivity index (χ1n) is 11.6. The topological polar surface area (TPSA) is 66.6 Å². The zero-order valence-corrected chi connectivity index (χ0v) is 19.3. The second kappa shape index (κ2) is 8.74. The van der Waals surface area contributed by atoms with E-state index in [4.69, 9.17) is 5.73 Å². The molecule has 0 aromatic heterocycles. The Bertz CT molecular complexity index is 588. The Morgan fingerprint density at radius 1 is 1.10 bits per heavy atom. The molecule has 4 aliphatic carbocycles. The van der Waals surface area contributed by atoms with E-state index in [0.717, 1.165) is 62.8 Å². The number of carbonyl (C=O) groups is 2. The normalized spacial score (nSPS) is 36.2. The molecule has 0 spiro atoms. The van der Waals surface area contributed by atoms with Crippen LogP contribution in [0, 0.1) is 29.1 Å². The molecule has 29 heavy (non-hydrogen) atoms. The molecule has 2 atom stereocenters. The van der Waals surface area contributed by atoms with Crippen LogP contribution < -0.4 is 5.73 Å². The van der Waals surface area contributed by atoms with Gasteiger partial charge in [-0.25, -0.2) is 0 Å². The molecule has 0 aromatic carbocycles. The predicted octanol–water partition coefficient (Wildman–Crippen LogP) is 3.45. The number of carbonyl (C=O) groups excluding carboxylic acids is 2. The van der Waals surface area contributed by atoms with Gasteiger partial charge in [0.15, 0.2) is 0 Å². The third kappa shape index (κ3) is 4.32. The van der Waals surface area contributed by atoms with E-state index in [1.807, 2.05) is 16.8 Å². The highest BCUT2D eigenvalue weighted by molar-refractivity contribution is 5.91. The molecule has 5 aliphatic rings. The summed E-state index contributed by atoms with van der Waals surface area (Å²) in [6.45, 7) is 5.68. The minimum Gasteiger partial charge on any atom is -0.344 e. The first-order chi connectivity index (χ1) is 13.3. The fourth-order valence-electron chi connectivity index (χ4n) is 6.98. The van der Waals surface area contributed by atoms with Gasteiger partial charge in [-0.2, -0.15) is 0 Å². The standard InChI is InChI=1S/C23H39N3O2.ClH/c1-15(2)19(24)6-8-25(3)21(27)20-5-4-7-26(20)22(28)23-12-16-9-17(13-23)11-18(10-16)14-23;/h15-20H,4-14,24H2,1-3H3;1H. The zero-order valence-electron chi connectivity index (χ0n) is 18.4. The molecule has 4 bridgehead atoms. The number of halogens is 1. The molecule has 2 unspecified atom stereocenters. The summed E-state index contributed by atoms with van der Waals surface area (Å²) in [6.07, 6.45) is 9.84. The number of hydrogen-bond donors (Lipinski definition) is 1. The molecule has 166 valence electrons. The molecule has 2 amide bonds. The van der Waals surface area contributed by atoms with Crippen LogP contribution in [0.2, 0.25) is 0 Å². The highest BCUT2D eigenvalue weighted by Gasteiger charge is 2.56.